The lowest BCUT2D eigenvalue weighted by molar-refractivity contribution is -0.135. The van der Waals surface area contributed by atoms with Gasteiger partial charge in [-0.2, -0.15) is 0 Å². The summed E-state index contributed by atoms with van der Waals surface area (Å²) < 4.78 is 0. The normalized spacial score (nSPS) is 29.1. The zero-order valence-corrected chi connectivity index (χ0v) is 11.9. The summed E-state index contributed by atoms with van der Waals surface area (Å²) >= 11 is 0. The number of nitrogens with one attached hydrogen (secondary N) is 2. The van der Waals surface area contributed by atoms with Crippen molar-refractivity contribution in [2.75, 3.05) is 19.6 Å². The highest BCUT2D eigenvalue weighted by molar-refractivity contribution is 5.82. The van der Waals surface area contributed by atoms with Crippen LogP contribution >= 0.6 is 0 Å². The van der Waals surface area contributed by atoms with E-state index >= 15 is 0 Å². The molecule has 0 aromatic carbocycles. The Balaban J connectivity index is 1.80. The topological polar surface area (TPSA) is 61.4 Å². The maximum atomic E-state index is 12.4. The monoisotopic (exact) mass is 267 g/mol. The van der Waals surface area contributed by atoms with Gasteiger partial charge in [0.15, 0.2) is 0 Å². The molecule has 2 N–H and O–H groups in total. The molecule has 0 bridgehead atoms. The minimum Gasteiger partial charge on any atom is -0.353 e. The number of carbonyl (C=O) groups is 2. The van der Waals surface area contributed by atoms with E-state index in [4.69, 9.17) is 0 Å². The molecule has 19 heavy (non-hydrogen) atoms. The zero-order valence-electron chi connectivity index (χ0n) is 11.9. The van der Waals surface area contributed by atoms with E-state index in [1.807, 2.05) is 4.90 Å². The second-order valence-electron chi connectivity index (χ2n) is 5.94. The van der Waals surface area contributed by atoms with Crippen LogP contribution in [0.3, 0.4) is 0 Å². The van der Waals surface area contributed by atoms with Gasteiger partial charge in [0, 0.05) is 26.1 Å². The third-order valence-corrected chi connectivity index (χ3v) is 4.18. The molecule has 2 fully saturated rings. The smallest absolute Gasteiger partial charge is 0.239 e. The van der Waals surface area contributed by atoms with Crippen LogP contribution in [0.15, 0.2) is 0 Å². The first-order valence-electron chi connectivity index (χ1n) is 7.35. The van der Waals surface area contributed by atoms with Crippen LogP contribution in [-0.4, -0.2) is 48.4 Å². The van der Waals surface area contributed by atoms with Crippen LogP contribution in [0.25, 0.3) is 0 Å². The fourth-order valence-corrected chi connectivity index (χ4v) is 3.05. The molecule has 2 rings (SSSR count). The van der Waals surface area contributed by atoms with Crippen molar-refractivity contribution in [3.63, 3.8) is 0 Å². The number of hydrogen-bond acceptors (Lipinski definition) is 3. The molecule has 0 aromatic rings. The average molecular weight is 267 g/mol. The summed E-state index contributed by atoms with van der Waals surface area (Å²) in [5, 5.41) is 6.26. The largest absolute Gasteiger partial charge is 0.353 e. The summed E-state index contributed by atoms with van der Waals surface area (Å²) in [6.07, 6.45) is 3.85. The molecule has 0 aliphatic carbocycles. The van der Waals surface area contributed by atoms with E-state index in [2.05, 4.69) is 17.6 Å². The van der Waals surface area contributed by atoms with E-state index in [0.717, 1.165) is 45.3 Å². The summed E-state index contributed by atoms with van der Waals surface area (Å²) in [5.74, 6) is 0.896. The summed E-state index contributed by atoms with van der Waals surface area (Å²) in [7, 11) is 0. The number of nitrogens with zero attached hydrogens (tertiary/aromatic N) is 1. The van der Waals surface area contributed by atoms with Gasteiger partial charge in [0.05, 0.1) is 6.04 Å². The molecule has 2 amide bonds. The van der Waals surface area contributed by atoms with Crippen LogP contribution in [0.1, 0.15) is 39.5 Å². The van der Waals surface area contributed by atoms with E-state index in [1.165, 1.54) is 0 Å². The summed E-state index contributed by atoms with van der Waals surface area (Å²) in [5.41, 5.74) is 0. The first kappa shape index (κ1) is 14.3. The van der Waals surface area contributed by atoms with Crippen LogP contribution in [0.2, 0.25) is 0 Å². The third kappa shape index (κ3) is 3.93. The number of likely N-dealkylation sites (tertiary alicyclic amines) is 1. The van der Waals surface area contributed by atoms with Crippen molar-refractivity contribution >= 4 is 11.8 Å². The van der Waals surface area contributed by atoms with Crippen molar-refractivity contribution in [1.82, 2.24) is 15.5 Å². The fourth-order valence-electron chi connectivity index (χ4n) is 3.05. The SMILES string of the molecule is CC(=O)NC1CCN(C(=O)C2CC(C)CCN2)CC1. The van der Waals surface area contributed by atoms with E-state index in [-0.39, 0.29) is 23.9 Å². The van der Waals surface area contributed by atoms with Gasteiger partial charge in [0.25, 0.3) is 0 Å². The predicted molar refractivity (Wildman–Crippen MR) is 73.6 cm³/mol. The Labute approximate surface area is 115 Å². The third-order valence-electron chi connectivity index (χ3n) is 4.18. The number of piperidine rings is 2. The molecular weight excluding hydrogens is 242 g/mol. The first-order valence-corrected chi connectivity index (χ1v) is 7.35. The maximum Gasteiger partial charge on any atom is 0.239 e. The van der Waals surface area contributed by atoms with E-state index < -0.39 is 0 Å². The summed E-state index contributed by atoms with van der Waals surface area (Å²) in [6, 6.07) is 0.237. The molecular formula is C14H25N3O2. The molecule has 5 nitrogen and oxygen atoms in total. The highest BCUT2D eigenvalue weighted by atomic mass is 16.2. The van der Waals surface area contributed by atoms with E-state index in [1.54, 1.807) is 6.92 Å². The van der Waals surface area contributed by atoms with Gasteiger partial charge in [0.2, 0.25) is 11.8 Å². The molecule has 0 aromatic heterocycles. The maximum absolute atomic E-state index is 12.4. The average Bonchev–Trinajstić information content (AvgIpc) is 2.38. The fraction of sp³-hybridized carbons (Fsp3) is 0.857. The van der Waals surface area contributed by atoms with Crippen molar-refractivity contribution in [3.8, 4) is 0 Å². The quantitative estimate of drug-likeness (QED) is 0.766. The van der Waals surface area contributed by atoms with Crippen molar-refractivity contribution in [1.29, 1.82) is 0 Å². The molecule has 108 valence electrons. The van der Waals surface area contributed by atoms with Gasteiger partial charge >= 0.3 is 0 Å². The van der Waals surface area contributed by atoms with Crippen molar-refractivity contribution in [2.45, 2.75) is 51.6 Å². The minimum absolute atomic E-state index is 0.000987. The number of hydrogen-bond donors (Lipinski definition) is 2. The predicted octanol–water partition coefficient (Wildman–Crippen LogP) is 0.502. The van der Waals surface area contributed by atoms with Gasteiger partial charge < -0.3 is 15.5 Å². The second kappa shape index (κ2) is 6.37. The molecule has 2 aliphatic heterocycles. The molecule has 2 saturated heterocycles. The molecule has 2 heterocycles. The van der Waals surface area contributed by atoms with Crippen LogP contribution in [0, 0.1) is 5.92 Å². The van der Waals surface area contributed by atoms with E-state index in [0.29, 0.717) is 5.92 Å². The van der Waals surface area contributed by atoms with Gasteiger partial charge in [-0.15, -0.1) is 0 Å². The van der Waals surface area contributed by atoms with Gasteiger partial charge in [-0.3, -0.25) is 9.59 Å². The molecule has 0 saturated carbocycles. The van der Waals surface area contributed by atoms with Crippen LogP contribution in [-0.2, 0) is 9.59 Å². The summed E-state index contributed by atoms with van der Waals surface area (Å²) in [6.45, 7) is 6.22. The van der Waals surface area contributed by atoms with Crippen LogP contribution < -0.4 is 10.6 Å². The van der Waals surface area contributed by atoms with Crippen LogP contribution in [0.5, 0.6) is 0 Å². The lowest BCUT2D eigenvalue weighted by atomic mass is 9.93. The number of amides is 2. The van der Waals surface area contributed by atoms with Gasteiger partial charge in [-0.1, -0.05) is 6.92 Å². The van der Waals surface area contributed by atoms with Gasteiger partial charge in [-0.25, -0.2) is 0 Å². The molecule has 5 heteroatoms. The minimum atomic E-state index is 0.000987. The molecule has 0 spiro atoms. The van der Waals surface area contributed by atoms with E-state index in [9.17, 15) is 9.59 Å². The number of rotatable bonds is 2. The molecule has 2 atom stereocenters. The van der Waals surface area contributed by atoms with Gasteiger partial charge in [0.1, 0.15) is 0 Å². The van der Waals surface area contributed by atoms with Gasteiger partial charge in [-0.05, 0) is 38.1 Å². The van der Waals surface area contributed by atoms with Crippen molar-refractivity contribution < 1.29 is 9.59 Å². The Kier molecular flexibility index (Phi) is 4.80. The van der Waals surface area contributed by atoms with Crippen LogP contribution in [0.4, 0.5) is 0 Å². The molecule has 2 unspecified atom stereocenters. The first-order chi connectivity index (χ1) is 9.06. The Hall–Kier alpha value is -1.10. The molecule has 0 radical (unpaired) electrons. The molecule has 2 aliphatic rings. The van der Waals surface area contributed by atoms with Crippen molar-refractivity contribution in [2.24, 2.45) is 5.92 Å². The number of carbonyl (C=O) groups excluding carboxylic acids is 2. The summed E-state index contributed by atoms with van der Waals surface area (Å²) in [4.78, 5) is 25.4. The second-order valence-corrected chi connectivity index (χ2v) is 5.94. The Morgan fingerprint density at radius 3 is 2.47 bits per heavy atom. The Bertz CT molecular complexity index is 338. The highest BCUT2D eigenvalue weighted by Gasteiger charge is 2.30. The lowest BCUT2D eigenvalue weighted by Crippen LogP contribution is -2.53. The Morgan fingerprint density at radius 2 is 1.89 bits per heavy atom. The zero-order chi connectivity index (χ0) is 13.8. The standard InChI is InChI=1S/C14H25N3O2/c1-10-3-6-15-13(9-10)14(19)17-7-4-12(5-8-17)16-11(2)18/h10,12-13,15H,3-9H2,1-2H3,(H,16,18). The lowest BCUT2D eigenvalue weighted by Gasteiger charge is -2.36. The van der Waals surface area contributed by atoms with Crippen molar-refractivity contribution in [3.05, 3.63) is 0 Å². The Morgan fingerprint density at radius 1 is 1.21 bits per heavy atom. The highest BCUT2D eigenvalue weighted by Crippen LogP contribution is 2.19.